The minimum Gasteiger partial charge on any atom is -0.353 e. The Kier molecular flexibility index (Phi) is 3.85. The largest absolute Gasteiger partial charge is 0.353 e. The van der Waals surface area contributed by atoms with Crippen molar-refractivity contribution in [1.82, 2.24) is 14.8 Å². The molecule has 138 valence electrons. The summed E-state index contributed by atoms with van der Waals surface area (Å²) in [6.45, 7) is 0.887. The number of piperidine rings is 1. The predicted octanol–water partition coefficient (Wildman–Crippen LogP) is 3.20. The monoisotopic (exact) mass is 351 g/mol. The number of nitrogens with one attached hydrogen (secondary N) is 1. The van der Waals surface area contributed by atoms with Gasteiger partial charge in [-0.25, -0.2) is 0 Å². The molecular weight excluding hydrogens is 322 g/mol. The highest BCUT2D eigenvalue weighted by atomic mass is 16.2. The van der Waals surface area contributed by atoms with Crippen LogP contribution in [-0.4, -0.2) is 41.1 Å². The zero-order valence-corrected chi connectivity index (χ0v) is 15.9. The zero-order chi connectivity index (χ0) is 17.8. The molecule has 2 aromatic rings. The van der Waals surface area contributed by atoms with E-state index in [0.717, 1.165) is 32.2 Å². The van der Waals surface area contributed by atoms with E-state index < -0.39 is 0 Å². The van der Waals surface area contributed by atoms with Crippen LogP contribution < -0.4 is 5.32 Å². The number of rotatable bonds is 2. The third kappa shape index (κ3) is 2.50. The van der Waals surface area contributed by atoms with Crippen molar-refractivity contribution in [1.29, 1.82) is 0 Å². The number of aryl methyl sites for hydroxylation is 1. The quantitative estimate of drug-likeness (QED) is 0.902. The maximum Gasteiger partial charge on any atom is 0.224 e. The summed E-state index contributed by atoms with van der Waals surface area (Å²) in [5.41, 5.74) is 4.26. The van der Waals surface area contributed by atoms with Crippen molar-refractivity contribution in [3.63, 3.8) is 0 Å². The smallest absolute Gasteiger partial charge is 0.224 e. The van der Waals surface area contributed by atoms with Crippen molar-refractivity contribution in [2.24, 2.45) is 13.0 Å². The number of fused-ring (bicyclic) bond motifs is 2. The maximum absolute atomic E-state index is 12.9. The molecule has 4 heteroatoms. The van der Waals surface area contributed by atoms with E-state index in [0.29, 0.717) is 18.0 Å². The first-order valence-electron chi connectivity index (χ1n) is 10.2. The molecule has 1 N–H and O–H groups in total. The molecule has 0 spiro atoms. The summed E-state index contributed by atoms with van der Waals surface area (Å²) in [5, 5.41) is 4.79. The Morgan fingerprint density at radius 1 is 1.19 bits per heavy atom. The molecule has 2 heterocycles. The van der Waals surface area contributed by atoms with Crippen LogP contribution in [0.2, 0.25) is 0 Å². The van der Waals surface area contributed by atoms with Crippen LogP contribution in [0.1, 0.15) is 49.1 Å². The highest BCUT2D eigenvalue weighted by Gasteiger charge is 2.41. The van der Waals surface area contributed by atoms with Gasteiger partial charge in [0.15, 0.2) is 0 Å². The van der Waals surface area contributed by atoms with Crippen LogP contribution in [0.25, 0.3) is 10.9 Å². The number of likely N-dealkylation sites (N-methyl/N-ethyl adjacent to an activating group) is 1. The molecule has 0 radical (unpaired) electrons. The minimum atomic E-state index is 0.113. The summed E-state index contributed by atoms with van der Waals surface area (Å²) in [7, 11) is 4.35. The molecule has 1 aromatic carbocycles. The van der Waals surface area contributed by atoms with Crippen molar-refractivity contribution in [2.75, 3.05) is 13.6 Å². The van der Waals surface area contributed by atoms with Crippen molar-refractivity contribution >= 4 is 16.8 Å². The number of hydrogen-bond donors (Lipinski definition) is 1. The standard InChI is InChI=1S/C22H29N3O/c1-24-12-14-11-20-18(17-8-5-9-19(24)21(14)17)10-15(13-25(20)2)22(26)23-16-6-3-4-7-16/h5,8-9,12,15-16,18,20H,3-4,6-7,10-11,13H2,1-2H3,(H,23,26)/t15-,18-,20-/m1/s1. The number of benzene rings is 1. The topological polar surface area (TPSA) is 37.3 Å². The fourth-order valence-corrected chi connectivity index (χ4v) is 5.80. The summed E-state index contributed by atoms with van der Waals surface area (Å²) >= 11 is 0. The van der Waals surface area contributed by atoms with E-state index in [1.807, 2.05) is 0 Å². The van der Waals surface area contributed by atoms with Gasteiger partial charge in [0.25, 0.3) is 0 Å². The lowest BCUT2D eigenvalue weighted by Gasteiger charge is -2.45. The van der Waals surface area contributed by atoms with Gasteiger partial charge in [-0.15, -0.1) is 0 Å². The number of likely N-dealkylation sites (tertiary alicyclic amines) is 1. The molecule has 2 fully saturated rings. The first-order chi connectivity index (χ1) is 12.6. The summed E-state index contributed by atoms with van der Waals surface area (Å²) < 4.78 is 2.26. The van der Waals surface area contributed by atoms with E-state index in [1.54, 1.807) is 0 Å². The molecular formula is C22H29N3O. The van der Waals surface area contributed by atoms with Crippen LogP contribution >= 0.6 is 0 Å². The van der Waals surface area contributed by atoms with E-state index in [-0.39, 0.29) is 11.8 Å². The van der Waals surface area contributed by atoms with E-state index in [9.17, 15) is 4.79 Å². The second-order valence-electron chi connectivity index (χ2n) is 8.75. The molecule has 26 heavy (non-hydrogen) atoms. The third-order valence-electron chi connectivity index (χ3n) is 7.10. The Bertz CT molecular complexity index is 848. The summed E-state index contributed by atoms with van der Waals surface area (Å²) in [4.78, 5) is 15.4. The van der Waals surface area contributed by atoms with Crippen molar-refractivity contribution < 1.29 is 4.79 Å². The van der Waals surface area contributed by atoms with Crippen LogP contribution in [0.15, 0.2) is 24.4 Å². The molecule has 4 nitrogen and oxygen atoms in total. The van der Waals surface area contributed by atoms with E-state index >= 15 is 0 Å². The van der Waals surface area contributed by atoms with Gasteiger partial charge < -0.3 is 14.8 Å². The van der Waals surface area contributed by atoms with Crippen LogP contribution in [0, 0.1) is 5.92 Å². The highest BCUT2D eigenvalue weighted by molar-refractivity contribution is 5.89. The number of carbonyl (C=O) groups excluding carboxylic acids is 1. The predicted molar refractivity (Wildman–Crippen MR) is 104 cm³/mol. The van der Waals surface area contributed by atoms with Gasteiger partial charge in [-0.1, -0.05) is 25.0 Å². The van der Waals surface area contributed by atoms with Crippen LogP contribution in [-0.2, 0) is 18.3 Å². The molecule has 3 atom stereocenters. The van der Waals surface area contributed by atoms with Gasteiger partial charge in [0, 0.05) is 48.7 Å². The summed E-state index contributed by atoms with van der Waals surface area (Å²) in [6, 6.07) is 7.64. The molecule has 0 bridgehead atoms. The minimum absolute atomic E-state index is 0.113. The molecule has 1 aromatic heterocycles. The molecule has 1 aliphatic heterocycles. The van der Waals surface area contributed by atoms with Crippen molar-refractivity contribution in [3.05, 3.63) is 35.5 Å². The normalized spacial score (nSPS) is 29.1. The van der Waals surface area contributed by atoms with Gasteiger partial charge in [-0.2, -0.15) is 0 Å². The number of amides is 1. The highest BCUT2D eigenvalue weighted by Crippen LogP contribution is 2.44. The average Bonchev–Trinajstić information content (AvgIpc) is 3.25. The maximum atomic E-state index is 12.9. The summed E-state index contributed by atoms with van der Waals surface area (Å²) in [5.74, 6) is 0.863. The van der Waals surface area contributed by atoms with Gasteiger partial charge >= 0.3 is 0 Å². The molecule has 1 saturated carbocycles. The number of nitrogens with zero attached hydrogens (tertiary/aromatic N) is 2. The number of hydrogen-bond acceptors (Lipinski definition) is 2. The molecule has 0 unspecified atom stereocenters. The number of aromatic nitrogens is 1. The molecule has 5 rings (SSSR count). The van der Waals surface area contributed by atoms with E-state index in [2.05, 4.69) is 53.3 Å². The van der Waals surface area contributed by atoms with Crippen LogP contribution in [0.4, 0.5) is 0 Å². The lowest BCUT2D eigenvalue weighted by molar-refractivity contribution is -0.128. The molecule has 3 aliphatic rings. The fourth-order valence-electron chi connectivity index (χ4n) is 5.80. The average molecular weight is 351 g/mol. The van der Waals surface area contributed by atoms with Crippen LogP contribution in [0.3, 0.4) is 0 Å². The van der Waals surface area contributed by atoms with Crippen LogP contribution in [0.5, 0.6) is 0 Å². The number of carbonyl (C=O) groups is 1. The SMILES string of the molecule is CN1C[C@H](C(=O)NC2CCCC2)C[C@@H]2c3cccc4c3c(cn4C)C[C@H]21. The third-order valence-corrected chi connectivity index (χ3v) is 7.10. The van der Waals surface area contributed by atoms with Gasteiger partial charge in [-0.3, -0.25) is 4.79 Å². The fraction of sp³-hybridized carbons (Fsp3) is 0.591. The second kappa shape index (κ2) is 6.12. The van der Waals surface area contributed by atoms with Gasteiger partial charge in [0.2, 0.25) is 5.91 Å². The van der Waals surface area contributed by atoms with Gasteiger partial charge in [0.1, 0.15) is 0 Å². The van der Waals surface area contributed by atoms with Crippen molar-refractivity contribution in [3.8, 4) is 0 Å². The molecule has 2 aliphatic carbocycles. The van der Waals surface area contributed by atoms with Gasteiger partial charge in [0.05, 0.1) is 5.92 Å². The molecule has 1 saturated heterocycles. The van der Waals surface area contributed by atoms with Gasteiger partial charge in [-0.05, 0) is 49.9 Å². The van der Waals surface area contributed by atoms with E-state index in [4.69, 9.17) is 0 Å². The Morgan fingerprint density at radius 3 is 2.81 bits per heavy atom. The lowest BCUT2D eigenvalue weighted by Crippen LogP contribution is -2.52. The Morgan fingerprint density at radius 2 is 2.00 bits per heavy atom. The lowest BCUT2D eigenvalue weighted by atomic mass is 9.72. The van der Waals surface area contributed by atoms with E-state index in [1.165, 1.54) is 34.9 Å². The Labute approximate surface area is 155 Å². The zero-order valence-electron chi connectivity index (χ0n) is 15.9. The Balaban J connectivity index is 1.45. The summed E-state index contributed by atoms with van der Waals surface area (Å²) in [6.07, 6.45) is 9.24. The first kappa shape index (κ1) is 16.4. The molecule has 1 amide bonds. The first-order valence-corrected chi connectivity index (χ1v) is 10.2. The second-order valence-corrected chi connectivity index (χ2v) is 8.75. The Hall–Kier alpha value is -1.81. The van der Waals surface area contributed by atoms with Crippen molar-refractivity contribution in [2.45, 2.75) is 56.5 Å².